The molecule has 12 heteroatoms. The van der Waals surface area contributed by atoms with E-state index in [1.165, 1.54) is 18.3 Å². The summed E-state index contributed by atoms with van der Waals surface area (Å²) in [6.45, 7) is -0.127. The Morgan fingerprint density at radius 2 is 1.93 bits per heavy atom. The highest BCUT2D eigenvalue weighted by Crippen LogP contribution is 2.30. The minimum atomic E-state index is -4.44. The van der Waals surface area contributed by atoms with Crippen LogP contribution >= 0.6 is 0 Å². The summed E-state index contributed by atoms with van der Waals surface area (Å²) in [4.78, 5) is 10.9. The number of nitrogens with two attached hydrogens (primary N) is 1. The largest absolute Gasteiger partial charge is 0.487 e. The van der Waals surface area contributed by atoms with Crippen molar-refractivity contribution in [2.24, 2.45) is 5.73 Å². The summed E-state index contributed by atoms with van der Waals surface area (Å²) in [5, 5.41) is 6.39. The van der Waals surface area contributed by atoms with Crippen LogP contribution in [0.1, 0.15) is 29.5 Å². The van der Waals surface area contributed by atoms with E-state index < -0.39 is 32.9 Å². The van der Waals surface area contributed by atoms with Crippen LogP contribution in [0.3, 0.4) is 0 Å². The first kappa shape index (κ1) is 20.7. The van der Waals surface area contributed by atoms with Gasteiger partial charge in [-0.25, -0.2) is 13.1 Å². The molecule has 1 amide bonds. The van der Waals surface area contributed by atoms with Crippen molar-refractivity contribution in [1.29, 1.82) is 0 Å². The molecule has 1 atom stereocenters. The third-order valence-corrected chi connectivity index (χ3v) is 4.99. The molecule has 0 bridgehead atoms. The first-order chi connectivity index (χ1) is 12.5. The van der Waals surface area contributed by atoms with Gasteiger partial charge in [0.15, 0.2) is 15.2 Å². The van der Waals surface area contributed by atoms with Crippen molar-refractivity contribution in [2.45, 2.75) is 31.0 Å². The van der Waals surface area contributed by atoms with Gasteiger partial charge in [0.1, 0.15) is 18.1 Å². The first-order valence-corrected chi connectivity index (χ1v) is 9.60. The lowest BCUT2D eigenvalue weighted by Gasteiger charge is -2.13. The van der Waals surface area contributed by atoms with Crippen molar-refractivity contribution in [1.82, 2.24) is 15.0 Å². The Kier molecular flexibility index (Phi) is 6.08. The summed E-state index contributed by atoms with van der Waals surface area (Å²) in [6.07, 6.45) is -2.31. The number of halogens is 3. The van der Waals surface area contributed by atoms with Crippen molar-refractivity contribution in [3.05, 3.63) is 41.7 Å². The molecular weight excluding hydrogens is 389 g/mol. The average molecular weight is 406 g/mol. The standard InChI is InChI=1S/C15H17F3N4O4S/c1-27(24,25)14(7-6-13(19)23)22-8-11(20-21-22)9-26-12-4-2-10(3-5-12)15(16,17)18/h2-5,8,14H,6-7,9H2,1H3,(H2,19,23). The van der Waals surface area contributed by atoms with Crippen LogP contribution in [0.2, 0.25) is 0 Å². The number of rotatable bonds is 8. The zero-order valence-electron chi connectivity index (χ0n) is 14.2. The third-order valence-electron chi connectivity index (χ3n) is 3.55. The third kappa shape index (κ3) is 5.94. The van der Waals surface area contributed by atoms with Crippen LogP contribution in [0.15, 0.2) is 30.5 Å². The Labute approximate surface area is 153 Å². The second kappa shape index (κ2) is 7.94. The van der Waals surface area contributed by atoms with Gasteiger partial charge in [-0.1, -0.05) is 5.21 Å². The molecule has 2 rings (SSSR count). The molecule has 1 aromatic carbocycles. The molecule has 8 nitrogen and oxygen atoms in total. The quantitative estimate of drug-likeness (QED) is 0.713. The summed E-state index contributed by atoms with van der Waals surface area (Å²) in [5.74, 6) is -0.458. The van der Waals surface area contributed by atoms with E-state index in [2.05, 4.69) is 10.3 Å². The van der Waals surface area contributed by atoms with E-state index in [9.17, 15) is 26.4 Å². The van der Waals surface area contributed by atoms with Gasteiger partial charge in [-0.2, -0.15) is 13.2 Å². The van der Waals surface area contributed by atoms with Gasteiger partial charge in [0.2, 0.25) is 5.91 Å². The van der Waals surface area contributed by atoms with Gasteiger partial charge in [0, 0.05) is 12.7 Å². The molecule has 0 radical (unpaired) electrons. The number of alkyl halides is 3. The summed E-state index contributed by atoms with van der Waals surface area (Å²) in [6, 6.07) is 4.10. The predicted octanol–water partition coefficient (Wildman–Crippen LogP) is 1.68. The van der Waals surface area contributed by atoms with E-state index in [-0.39, 0.29) is 30.9 Å². The number of benzene rings is 1. The van der Waals surface area contributed by atoms with E-state index in [0.29, 0.717) is 0 Å². The predicted molar refractivity (Wildman–Crippen MR) is 88.1 cm³/mol. The maximum Gasteiger partial charge on any atom is 0.416 e. The molecular formula is C15H17F3N4O4S. The SMILES string of the molecule is CS(=O)(=O)C(CCC(N)=O)n1cc(COc2ccc(C(F)(F)F)cc2)nn1. The Morgan fingerprint density at radius 1 is 1.30 bits per heavy atom. The fourth-order valence-corrected chi connectivity index (χ4v) is 3.27. The van der Waals surface area contributed by atoms with Gasteiger partial charge in [0.05, 0.1) is 11.8 Å². The zero-order chi connectivity index (χ0) is 20.2. The number of carbonyl (C=O) groups is 1. The van der Waals surface area contributed by atoms with Gasteiger partial charge >= 0.3 is 6.18 Å². The molecule has 0 saturated carbocycles. The molecule has 0 fully saturated rings. The van der Waals surface area contributed by atoms with Crippen LogP contribution in [-0.2, 0) is 27.4 Å². The Morgan fingerprint density at radius 3 is 2.44 bits per heavy atom. The van der Waals surface area contributed by atoms with Gasteiger partial charge in [-0.3, -0.25) is 4.79 Å². The van der Waals surface area contributed by atoms with Crippen LogP contribution < -0.4 is 10.5 Å². The molecule has 0 aliphatic carbocycles. The molecule has 1 heterocycles. The van der Waals surface area contributed by atoms with E-state index in [4.69, 9.17) is 10.5 Å². The summed E-state index contributed by atoms with van der Waals surface area (Å²) < 4.78 is 67.7. The van der Waals surface area contributed by atoms with Crippen LogP contribution in [0, 0.1) is 0 Å². The normalized spacial score (nSPS) is 13.3. The Balaban J connectivity index is 2.05. The van der Waals surface area contributed by atoms with E-state index in [0.717, 1.165) is 23.1 Å². The molecule has 2 aromatic rings. The van der Waals surface area contributed by atoms with Crippen LogP contribution in [-0.4, -0.2) is 35.6 Å². The Hall–Kier alpha value is -2.63. The molecule has 1 unspecified atom stereocenters. The van der Waals surface area contributed by atoms with Gasteiger partial charge < -0.3 is 10.5 Å². The van der Waals surface area contributed by atoms with Crippen molar-refractivity contribution < 1.29 is 31.1 Å². The smallest absolute Gasteiger partial charge is 0.416 e. The highest BCUT2D eigenvalue weighted by Gasteiger charge is 2.30. The minimum Gasteiger partial charge on any atom is -0.487 e. The van der Waals surface area contributed by atoms with Crippen molar-refractivity contribution >= 4 is 15.7 Å². The average Bonchev–Trinajstić information content (AvgIpc) is 2.99. The van der Waals surface area contributed by atoms with Gasteiger partial charge in [0.25, 0.3) is 0 Å². The number of carbonyl (C=O) groups excluding carboxylic acids is 1. The molecule has 0 aliphatic rings. The number of nitrogens with zero attached hydrogens (tertiary/aromatic N) is 3. The van der Waals surface area contributed by atoms with Gasteiger partial charge in [-0.05, 0) is 30.7 Å². The maximum atomic E-state index is 12.5. The second-order valence-electron chi connectivity index (χ2n) is 5.79. The van der Waals surface area contributed by atoms with Crippen molar-refractivity contribution in [3.8, 4) is 5.75 Å². The molecule has 0 saturated heterocycles. The minimum absolute atomic E-state index is 0.0588. The summed E-state index contributed by atoms with van der Waals surface area (Å²) >= 11 is 0. The molecule has 2 N–H and O–H groups in total. The highest BCUT2D eigenvalue weighted by atomic mass is 32.2. The molecule has 1 aromatic heterocycles. The second-order valence-corrected chi connectivity index (χ2v) is 7.99. The number of primary amides is 1. The molecule has 148 valence electrons. The highest BCUT2D eigenvalue weighted by molar-refractivity contribution is 7.90. The van der Waals surface area contributed by atoms with Crippen molar-refractivity contribution in [3.63, 3.8) is 0 Å². The lowest BCUT2D eigenvalue weighted by atomic mass is 10.2. The van der Waals surface area contributed by atoms with E-state index >= 15 is 0 Å². The lowest BCUT2D eigenvalue weighted by Crippen LogP contribution is -2.22. The monoisotopic (exact) mass is 406 g/mol. The topological polar surface area (TPSA) is 117 Å². The first-order valence-electron chi connectivity index (χ1n) is 7.65. The fraction of sp³-hybridized carbons (Fsp3) is 0.400. The Bertz CT molecular complexity index is 895. The molecule has 0 aliphatic heterocycles. The van der Waals surface area contributed by atoms with E-state index in [1.54, 1.807) is 0 Å². The van der Waals surface area contributed by atoms with Crippen LogP contribution in [0.25, 0.3) is 0 Å². The number of hydrogen-bond acceptors (Lipinski definition) is 6. The van der Waals surface area contributed by atoms with Gasteiger partial charge in [-0.15, -0.1) is 5.10 Å². The zero-order valence-corrected chi connectivity index (χ0v) is 15.0. The maximum absolute atomic E-state index is 12.5. The van der Waals surface area contributed by atoms with Crippen LogP contribution in [0.5, 0.6) is 5.75 Å². The number of amides is 1. The fourth-order valence-electron chi connectivity index (χ4n) is 2.23. The van der Waals surface area contributed by atoms with Crippen LogP contribution in [0.4, 0.5) is 13.2 Å². The number of sulfone groups is 1. The molecule has 27 heavy (non-hydrogen) atoms. The summed E-state index contributed by atoms with van der Waals surface area (Å²) in [5.41, 5.74) is 4.51. The summed E-state index contributed by atoms with van der Waals surface area (Å²) in [7, 11) is -3.58. The number of aromatic nitrogens is 3. The van der Waals surface area contributed by atoms with Crippen molar-refractivity contribution in [2.75, 3.05) is 6.26 Å². The van der Waals surface area contributed by atoms with E-state index in [1.807, 2.05) is 0 Å². The lowest BCUT2D eigenvalue weighted by molar-refractivity contribution is -0.137. The number of hydrogen-bond donors (Lipinski definition) is 1. The number of ether oxygens (including phenoxy) is 1. The molecule has 0 spiro atoms.